The van der Waals surface area contributed by atoms with E-state index in [0.717, 1.165) is 13.9 Å². The second kappa shape index (κ2) is 4.40. The Morgan fingerprint density at radius 2 is 2.00 bits per heavy atom. The number of nitrogens with zero attached hydrogens (tertiary/aromatic N) is 1. The average Bonchev–Trinajstić information content (AvgIpc) is 2.48. The van der Waals surface area contributed by atoms with Crippen molar-refractivity contribution >= 4 is 15.9 Å². The lowest BCUT2D eigenvalue weighted by molar-refractivity contribution is 0.601. The van der Waals surface area contributed by atoms with Crippen LogP contribution < -0.4 is 0 Å². The first kappa shape index (κ1) is 8.73. The quantitative estimate of drug-likeness (QED) is 0.619. The van der Waals surface area contributed by atoms with E-state index in [-0.39, 0.29) is 0 Å². The third-order valence-corrected chi connectivity index (χ3v) is 5.21. The normalized spacial score (nSPS) is 22.0. The third-order valence-electron chi connectivity index (χ3n) is 2.71. The Bertz CT molecular complexity index is 212. The predicted molar refractivity (Wildman–Crippen MR) is 56.7 cm³/mol. The van der Waals surface area contributed by atoms with Gasteiger partial charge in [0, 0.05) is 11.5 Å². The Labute approximate surface area is 77.1 Å². The SMILES string of the molecule is c1n[pH]pc1C1CCCCCC1. The van der Waals surface area contributed by atoms with Crippen LogP contribution in [0, 0.1) is 0 Å². The van der Waals surface area contributed by atoms with Crippen LogP contribution in [0.25, 0.3) is 0 Å². The van der Waals surface area contributed by atoms with Crippen molar-refractivity contribution in [2.75, 3.05) is 0 Å². The van der Waals surface area contributed by atoms with Gasteiger partial charge >= 0.3 is 0 Å². The van der Waals surface area contributed by atoms with E-state index in [4.69, 9.17) is 0 Å². The van der Waals surface area contributed by atoms with Crippen LogP contribution in [0.4, 0.5) is 0 Å². The Kier molecular flexibility index (Phi) is 3.20. The third kappa shape index (κ3) is 2.09. The molecule has 0 bridgehead atoms. The minimum Gasteiger partial charge on any atom is -0.244 e. The van der Waals surface area contributed by atoms with Crippen LogP contribution in [0.1, 0.15) is 49.7 Å². The molecule has 0 radical (unpaired) electrons. The highest BCUT2D eigenvalue weighted by atomic mass is 31.8. The summed E-state index contributed by atoms with van der Waals surface area (Å²) < 4.78 is 4.32. The zero-order valence-corrected chi connectivity index (χ0v) is 9.19. The molecular formula is C9H15NP2. The first-order valence-electron chi connectivity index (χ1n) is 4.82. The molecule has 66 valence electrons. The Balaban J connectivity index is 2.02. The fraction of sp³-hybridized carbons (Fsp3) is 0.778. The molecule has 2 rings (SSSR count). The fourth-order valence-electron chi connectivity index (χ4n) is 1.98. The van der Waals surface area contributed by atoms with E-state index >= 15 is 0 Å². The van der Waals surface area contributed by atoms with E-state index in [1.807, 2.05) is 0 Å². The van der Waals surface area contributed by atoms with E-state index in [1.165, 1.54) is 46.4 Å². The van der Waals surface area contributed by atoms with Gasteiger partial charge in [-0.2, -0.15) is 0 Å². The lowest BCUT2D eigenvalue weighted by atomic mass is 9.99. The molecule has 1 aliphatic carbocycles. The molecule has 12 heavy (non-hydrogen) atoms. The van der Waals surface area contributed by atoms with Crippen LogP contribution in [0.2, 0.25) is 0 Å². The maximum absolute atomic E-state index is 4.32. The highest BCUT2D eigenvalue weighted by molar-refractivity contribution is 7.89. The molecule has 0 spiro atoms. The van der Waals surface area contributed by atoms with Gasteiger partial charge in [0.05, 0.1) is 0 Å². The molecule has 1 unspecified atom stereocenters. The van der Waals surface area contributed by atoms with Crippen molar-refractivity contribution in [3.63, 3.8) is 0 Å². The first-order chi connectivity index (χ1) is 5.97. The predicted octanol–water partition coefficient (Wildman–Crippen LogP) is 4.13. The van der Waals surface area contributed by atoms with Gasteiger partial charge < -0.3 is 0 Å². The second-order valence-corrected chi connectivity index (χ2v) is 6.05. The van der Waals surface area contributed by atoms with Crippen LogP contribution >= 0.6 is 15.9 Å². The van der Waals surface area contributed by atoms with Crippen molar-refractivity contribution in [2.45, 2.75) is 44.4 Å². The summed E-state index contributed by atoms with van der Waals surface area (Å²) in [6, 6.07) is 0. The van der Waals surface area contributed by atoms with Crippen molar-refractivity contribution in [1.29, 1.82) is 0 Å². The molecule has 1 aliphatic rings. The molecule has 1 nitrogen and oxygen atoms in total. The lowest BCUT2D eigenvalue weighted by Gasteiger charge is -2.09. The molecule has 1 fully saturated rings. The maximum atomic E-state index is 4.32. The maximum Gasteiger partial charge on any atom is 0.0394 e. The van der Waals surface area contributed by atoms with Crippen molar-refractivity contribution < 1.29 is 0 Å². The van der Waals surface area contributed by atoms with Gasteiger partial charge in [-0.1, -0.05) is 25.7 Å². The van der Waals surface area contributed by atoms with Crippen LogP contribution in [-0.4, -0.2) is 4.75 Å². The van der Waals surface area contributed by atoms with Crippen LogP contribution in [0.15, 0.2) is 6.20 Å². The molecule has 0 saturated heterocycles. The Morgan fingerprint density at radius 1 is 1.25 bits per heavy atom. The van der Waals surface area contributed by atoms with Gasteiger partial charge in [0.1, 0.15) is 0 Å². The number of rotatable bonds is 1. The van der Waals surface area contributed by atoms with Gasteiger partial charge in [-0.3, -0.25) is 0 Å². The Hall–Kier alpha value is 0.140. The van der Waals surface area contributed by atoms with Gasteiger partial charge in [-0.25, -0.2) is 4.75 Å². The van der Waals surface area contributed by atoms with Crippen molar-refractivity contribution in [1.82, 2.24) is 4.75 Å². The average molecular weight is 199 g/mol. The minimum atomic E-state index is 0.816. The minimum absolute atomic E-state index is 0.816. The van der Waals surface area contributed by atoms with Gasteiger partial charge in [0.15, 0.2) is 0 Å². The smallest absolute Gasteiger partial charge is 0.0394 e. The summed E-state index contributed by atoms with van der Waals surface area (Å²) in [6.45, 7) is 0. The number of hydrogen-bond acceptors (Lipinski definition) is 1. The van der Waals surface area contributed by atoms with E-state index in [1.54, 1.807) is 5.30 Å². The Morgan fingerprint density at radius 3 is 2.58 bits per heavy atom. The molecule has 0 aliphatic heterocycles. The van der Waals surface area contributed by atoms with Crippen molar-refractivity contribution in [3.8, 4) is 0 Å². The zero-order chi connectivity index (χ0) is 8.23. The summed E-state index contributed by atoms with van der Waals surface area (Å²) in [4.78, 5) is 0. The van der Waals surface area contributed by atoms with Gasteiger partial charge in [0.2, 0.25) is 0 Å². The molecular weight excluding hydrogens is 184 g/mol. The molecule has 3 heteroatoms. The first-order valence-corrected chi connectivity index (χ1v) is 7.51. The highest BCUT2D eigenvalue weighted by Crippen LogP contribution is 2.38. The van der Waals surface area contributed by atoms with Gasteiger partial charge in [0.25, 0.3) is 0 Å². The van der Waals surface area contributed by atoms with Gasteiger partial charge in [-0.15, -0.1) is 0 Å². The summed E-state index contributed by atoms with van der Waals surface area (Å²) in [6.07, 6.45) is 10.8. The van der Waals surface area contributed by atoms with Crippen molar-refractivity contribution in [3.05, 3.63) is 11.5 Å². The van der Waals surface area contributed by atoms with Crippen LogP contribution in [-0.2, 0) is 0 Å². The van der Waals surface area contributed by atoms with E-state index < -0.39 is 0 Å². The molecule has 0 N–H and O–H groups in total. The standard InChI is InChI=1S/C9H15NP2/c1-2-4-6-8(5-3-1)9-7-10-12-11-9/h7-8,12H,1-6H2. The molecule has 0 aromatic carbocycles. The lowest BCUT2D eigenvalue weighted by Crippen LogP contribution is -1.92. The molecule has 1 saturated carbocycles. The molecule has 1 aromatic rings. The highest BCUT2D eigenvalue weighted by Gasteiger charge is 2.14. The summed E-state index contributed by atoms with van der Waals surface area (Å²) in [5.74, 6) is 0.896. The van der Waals surface area contributed by atoms with E-state index in [0.29, 0.717) is 0 Å². The summed E-state index contributed by atoms with van der Waals surface area (Å²) in [5, 5.41) is 1.63. The van der Waals surface area contributed by atoms with Crippen LogP contribution in [0.5, 0.6) is 0 Å². The summed E-state index contributed by atoms with van der Waals surface area (Å²) >= 11 is 0. The second-order valence-electron chi connectivity index (χ2n) is 3.58. The molecule has 0 amide bonds. The van der Waals surface area contributed by atoms with Gasteiger partial charge in [-0.05, 0) is 34.7 Å². The molecule has 1 atom stereocenters. The zero-order valence-electron chi connectivity index (χ0n) is 7.29. The van der Waals surface area contributed by atoms with Crippen LogP contribution in [0.3, 0.4) is 0 Å². The van der Waals surface area contributed by atoms with Crippen molar-refractivity contribution in [2.24, 2.45) is 0 Å². The number of aromatic nitrogens is 1. The fourth-order valence-corrected chi connectivity index (χ4v) is 4.43. The van der Waals surface area contributed by atoms with E-state index in [2.05, 4.69) is 10.9 Å². The topological polar surface area (TPSA) is 12.9 Å². The monoisotopic (exact) mass is 199 g/mol. The number of hydrogen-bond donors (Lipinski definition) is 0. The largest absolute Gasteiger partial charge is 0.244 e. The van der Waals surface area contributed by atoms with E-state index in [9.17, 15) is 0 Å². The molecule has 1 heterocycles. The summed E-state index contributed by atoms with van der Waals surface area (Å²) in [7, 11) is 2.33. The molecule has 1 aromatic heterocycles. The summed E-state index contributed by atoms with van der Waals surface area (Å²) in [5.41, 5.74) is 0.